The molecule has 6 rings (SSSR count). The van der Waals surface area contributed by atoms with E-state index in [9.17, 15) is 19.2 Å². The maximum atomic E-state index is 13.8. The van der Waals surface area contributed by atoms with Crippen LogP contribution in [0.5, 0.6) is 0 Å². The van der Waals surface area contributed by atoms with Crippen LogP contribution in [-0.4, -0.2) is 63.5 Å². The van der Waals surface area contributed by atoms with Gasteiger partial charge >= 0.3 is 6.03 Å². The number of hydroxylamine groups is 2. The van der Waals surface area contributed by atoms with Crippen LogP contribution in [-0.2, 0) is 32.3 Å². The molecule has 210 valence electrons. The minimum absolute atomic E-state index is 0.226. The molecule has 5 amide bonds. The lowest BCUT2D eigenvalue weighted by atomic mass is 9.98. The number of nitrogens with one attached hydrogen (secondary N) is 1. The van der Waals surface area contributed by atoms with Crippen molar-refractivity contribution in [1.82, 2.24) is 20.2 Å². The Kier molecular flexibility index (Phi) is 7.06. The summed E-state index contributed by atoms with van der Waals surface area (Å²) in [5.41, 5.74) is 7.38. The second-order valence-corrected chi connectivity index (χ2v) is 11.2. The summed E-state index contributed by atoms with van der Waals surface area (Å²) in [6.07, 6.45) is -1.32. The molecule has 2 fully saturated rings. The predicted octanol–water partition coefficient (Wildman–Crippen LogP) is 3.34. The first kappa shape index (κ1) is 26.7. The summed E-state index contributed by atoms with van der Waals surface area (Å²) < 4.78 is 1.08. The van der Waals surface area contributed by atoms with E-state index in [-0.39, 0.29) is 19.5 Å². The van der Waals surface area contributed by atoms with Gasteiger partial charge in [0.15, 0.2) is 12.8 Å². The summed E-state index contributed by atoms with van der Waals surface area (Å²) >= 11 is 1.57. The van der Waals surface area contributed by atoms with E-state index < -0.39 is 48.6 Å². The molecular weight excluding hydrogens is 542 g/mol. The third-order valence-electron chi connectivity index (χ3n) is 7.77. The molecule has 0 spiro atoms. The largest absolute Gasteiger partial charge is 0.370 e. The van der Waals surface area contributed by atoms with Crippen molar-refractivity contribution in [2.24, 2.45) is 5.73 Å². The van der Waals surface area contributed by atoms with Crippen molar-refractivity contribution in [1.29, 1.82) is 0 Å². The standard InChI is InChI=1S/C30H29N5O5S/c1-18-28-34(24(13-26(31)36)29(38)33(18)15-21-17-41-25-12-5-4-11-23(21)25)27(37)16-40-35(28)30(39)32-14-20-9-6-8-19-7-2-3-10-22(19)20/h2-12,17-18,24,28H,13-16H2,1H3,(H2,31,36)(H,32,39)/t18-,24-,28-/m0/s1. The lowest BCUT2D eigenvalue weighted by Crippen LogP contribution is -2.75. The highest BCUT2D eigenvalue weighted by Gasteiger charge is 2.53. The zero-order valence-corrected chi connectivity index (χ0v) is 23.2. The molecule has 11 heteroatoms. The summed E-state index contributed by atoms with van der Waals surface area (Å²) in [6, 6.07) is 19.3. The number of primary amides is 1. The first-order valence-corrected chi connectivity index (χ1v) is 14.2. The first-order chi connectivity index (χ1) is 19.8. The average Bonchev–Trinajstić information content (AvgIpc) is 3.38. The molecule has 10 nitrogen and oxygen atoms in total. The van der Waals surface area contributed by atoms with E-state index in [0.717, 1.165) is 37.0 Å². The molecule has 41 heavy (non-hydrogen) atoms. The molecule has 3 heterocycles. The summed E-state index contributed by atoms with van der Waals surface area (Å²) in [7, 11) is 0. The number of rotatable bonds is 6. The highest BCUT2D eigenvalue weighted by atomic mass is 32.1. The average molecular weight is 572 g/mol. The number of benzene rings is 3. The number of hydrogen-bond acceptors (Lipinski definition) is 6. The van der Waals surface area contributed by atoms with Crippen LogP contribution in [0.3, 0.4) is 0 Å². The monoisotopic (exact) mass is 571 g/mol. The maximum Gasteiger partial charge on any atom is 0.343 e. The second-order valence-electron chi connectivity index (χ2n) is 10.3. The van der Waals surface area contributed by atoms with Crippen LogP contribution >= 0.6 is 11.3 Å². The van der Waals surface area contributed by atoms with E-state index in [4.69, 9.17) is 10.6 Å². The topological polar surface area (TPSA) is 125 Å². The number of nitrogens with zero attached hydrogens (tertiary/aromatic N) is 3. The maximum absolute atomic E-state index is 13.8. The first-order valence-electron chi connectivity index (χ1n) is 13.3. The fraction of sp³-hybridized carbons (Fsp3) is 0.267. The zero-order valence-electron chi connectivity index (χ0n) is 22.4. The van der Waals surface area contributed by atoms with Crippen molar-refractivity contribution in [2.45, 2.75) is 44.7 Å². The van der Waals surface area contributed by atoms with E-state index in [0.29, 0.717) is 0 Å². The Bertz CT molecular complexity index is 1670. The number of nitrogens with two attached hydrogens (primary N) is 1. The fourth-order valence-corrected chi connectivity index (χ4v) is 6.76. The summed E-state index contributed by atoms with van der Waals surface area (Å²) in [5.74, 6) is -1.60. The molecule has 4 aromatic rings. The van der Waals surface area contributed by atoms with Crippen LogP contribution in [0.25, 0.3) is 20.9 Å². The SMILES string of the molecule is C[C@H]1[C@@H]2N(C(=O)NCc3cccc4ccccc34)OCC(=O)N2[C@@H](CC(N)=O)C(=O)N1Cc1csc2ccccc12. The van der Waals surface area contributed by atoms with Crippen molar-refractivity contribution in [3.8, 4) is 0 Å². The van der Waals surface area contributed by atoms with Gasteiger partial charge in [0.2, 0.25) is 11.8 Å². The van der Waals surface area contributed by atoms with Gasteiger partial charge in [-0.2, -0.15) is 5.06 Å². The number of thiophene rings is 1. The van der Waals surface area contributed by atoms with Gasteiger partial charge in [-0.25, -0.2) is 4.79 Å². The Labute approximate surface area is 240 Å². The number of carbonyl (C=O) groups is 4. The van der Waals surface area contributed by atoms with Gasteiger partial charge in [0.25, 0.3) is 5.91 Å². The minimum atomic E-state index is -1.15. The molecular formula is C30H29N5O5S. The summed E-state index contributed by atoms with van der Waals surface area (Å²) in [5, 5.41) is 9.11. The normalized spacial score (nSPS) is 20.9. The van der Waals surface area contributed by atoms with E-state index in [1.807, 2.05) is 72.1 Å². The van der Waals surface area contributed by atoms with Crippen molar-refractivity contribution < 1.29 is 24.0 Å². The highest BCUT2D eigenvalue weighted by molar-refractivity contribution is 7.17. The number of hydrogen-bond donors (Lipinski definition) is 2. The van der Waals surface area contributed by atoms with Gasteiger partial charge in [0, 0.05) is 17.8 Å². The number of urea groups is 1. The Hall–Kier alpha value is -4.48. The molecule has 2 saturated heterocycles. The molecule has 2 aliphatic rings. The molecule has 0 aliphatic carbocycles. The van der Waals surface area contributed by atoms with Crippen LogP contribution in [0.2, 0.25) is 0 Å². The number of piperazine rings is 1. The van der Waals surface area contributed by atoms with Crippen molar-refractivity contribution in [2.75, 3.05) is 6.61 Å². The number of amides is 5. The molecule has 0 unspecified atom stereocenters. The molecule has 0 bridgehead atoms. The van der Waals surface area contributed by atoms with E-state index in [1.165, 1.54) is 4.90 Å². The van der Waals surface area contributed by atoms with Gasteiger partial charge in [-0.3, -0.25) is 19.2 Å². The van der Waals surface area contributed by atoms with Crippen molar-refractivity contribution >= 4 is 55.9 Å². The van der Waals surface area contributed by atoms with Crippen molar-refractivity contribution in [3.05, 3.63) is 83.2 Å². The summed E-state index contributed by atoms with van der Waals surface area (Å²) in [6.45, 7) is 1.80. The number of fused-ring (bicyclic) bond motifs is 3. The van der Waals surface area contributed by atoms with Gasteiger partial charge in [0.05, 0.1) is 12.5 Å². The Balaban J connectivity index is 1.30. The Morgan fingerprint density at radius 1 is 1.00 bits per heavy atom. The van der Waals surface area contributed by atoms with Crippen LogP contribution in [0.4, 0.5) is 4.79 Å². The lowest BCUT2D eigenvalue weighted by molar-refractivity contribution is -0.245. The van der Waals surface area contributed by atoms with Gasteiger partial charge in [0.1, 0.15) is 6.04 Å². The molecule has 3 N–H and O–H groups in total. The van der Waals surface area contributed by atoms with Gasteiger partial charge in [-0.05, 0) is 45.7 Å². The smallest absolute Gasteiger partial charge is 0.343 e. The van der Waals surface area contributed by atoms with E-state index >= 15 is 0 Å². The Morgan fingerprint density at radius 3 is 2.54 bits per heavy atom. The number of carbonyl (C=O) groups excluding carboxylic acids is 4. The zero-order chi connectivity index (χ0) is 28.7. The molecule has 3 aromatic carbocycles. The fourth-order valence-electron chi connectivity index (χ4n) is 5.81. The molecule has 3 atom stereocenters. The van der Waals surface area contributed by atoms with Gasteiger partial charge in [-0.1, -0.05) is 60.7 Å². The minimum Gasteiger partial charge on any atom is -0.370 e. The van der Waals surface area contributed by atoms with Crippen LogP contribution < -0.4 is 11.1 Å². The van der Waals surface area contributed by atoms with Gasteiger partial charge < -0.3 is 20.9 Å². The van der Waals surface area contributed by atoms with E-state index in [2.05, 4.69) is 5.32 Å². The van der Waals surface area contributed by atoms with Crippen LogP contribution in [0, 0.1) is 0 Å². The lowest BCUT2D eigenvalue weighted by Gasteiger charge is -2.54. The van der Waals surface area contributed by atoms with Crippen LogP contribution in [0.1, 0.15) is 24.5 Å². The molecule has 0 saturated carbocycles. The van der Waals surface area contributed by atoms with Gasteiger partial charge in [-0.15, -0.1) is 11.3 Å². The molecule has 2 aliphatic heterocycles. The van der Waals surface area contributed by atoms with Crippen LogP contribution in [0.15, 0.2) is 72.1 Å². The molecule has 0 radical (unpaired) electrons. The molecule has 1 aromatic heterocycles. The third kappa shape index (κ3) is 4.87. The predicted molar refractivity (Wildman–Crippen MR) is 154 cm³/mol. The third-order valence-corrected chi connectivity index (χ3v) is 8.79. The summed E-state index contributed by atoms with van der Waals surface area (Å²) in [4.78, 5) is 61.2. The quantitative estimate of drug-likeness (QED) is 0.367. The second kappa shape index (κ2) is 10.8. The highest BCUT2D eigenvalue weighted by Crippen LogP contribution is 2.34. The van der Waals surface area contributed by atoms with E-state index in [1.54, 1.807) is 23.2 Å². The van der Waals surface area contributed by atoms with Crippen molar-refractivity contribution in [3.63, 3.8) is 0 Å². The Morgan fingerprint density at radius 2 is 1.73 bits per heavy atom.